The van der Waals surface area contributed by atoms with Crippen molar-refractivity contribution in [2.45, 2.75) is 52.1 Å². The first-order valence-corrected chi connectivity index (χ1v) is 7.37. The van der Waals surface area contributed by atoms with E-state index in [-0.39, 0.29) is 17.7 Å². The summed E-state index contributed by atoms with van der Waals surface area (Å²) in [6.07, 6.45) is 1.88. The Bertz CT molecular complexity index is 413. The maximum absolute atomic E-state index is 12.6. The van der Waals surface area contributed by atoms with E-state index in [0.717, 1.165) is 6.42 Å². The van der Waals surface area contributed by atoms with Gasteiger partial charge in [0.1, 0.15) is 12.1 Å². The number of hydrogen-bond donors (Lipinski definition) is 3. The summed E-state index contributed by atoms with van der Waals surface area (Å²) in [7, 11) is 0. The summed E-state index contributed by atoms with van der Waals surface area (Å²) >= 11 is 0. The monoisotopic (exact) mass is 299 g/mol. The summed E-state index contributed by atoms with van der Waals surface area (Å²) in [6.45, 7) is 6.11. The molecule has 1 heterocycles. The third-order valence-corrected chi connectivity index (χ3v) is 4.21. The van der Waals surface area contributed by atoms with Crippen molar-refractivity contribution in [1.29, 1.82) is 0 Å². The average molecular weight is 299 g/mol. The van der Waals surface area contributed by atoms with Gasteiger partial charge in [-0.2, -0.15) is 0 Å². The summed E-state index contributed by atoms with van der Waals surface area (Å²) in [5, 5.41) is 11.8. The minimum Gasteiger partial charge on any atom is -0.480 e. The van der Waals surface area contributed by atoms with E-state index in [0.29, 0.717) is 19.4 Å². The molecule has 7 nitrogen and oxygen atoms in total. The minimum atomic E-state index is -1.00. The van der Waals surface area contributed by atoms with E-state index in [1.807, 2.05) is 20.8 Å². The number of nitrogens with zero attached hydrogens (tertiary/aromatic N) is 1. The number of carbonyl (C=O) groups is 3. The van der Waals surface area contributed by atoms with Crippen LogP contribution in [0.2, 0.25) is 0 Å². The van der Waals surface area contributed by atoms with Crippen LogP contribution in [0.4, 0.5) is 4.79 Å². The molecule has 0 spiro atoms. The zero-order valence-electron chi connectivity index (χ0n) is 12.8. The standard InChI is InChI=1S/C14H25N3O4/c1-4-9(3)11(16-14(15)21)12(18)17-6-5-8(2)7-10(17)13(19)20/h8-11H,4-7H2,1-3H3,(H,19,20)(H3,15,16,21). The van der Waals surface area contributed by atoms with E-state index in [1.54, 1.807) is 0 Å². The van der Waals surface area contributed by atoms with Crippen molar-refractivity contribution in [3.8, 4) is 0 Å². The molecule has 0 aromatic rings. The predicted molar refractivity (Wildman–Crippen MR) is 77.5 cm³/mol. The second kappa shape index (κ2) is 7.28. The number of piperidine rings is 1. The number of nitrogens with two attached hydrogens (primary N) is 1. The van der Waals surface area contributed by atoms with Crippen molar-refractivity contribution in [1.82, 2.24) is 10.2 Å². The highest BCUT2D eigenvalue weighted by molar-refractivity contribution is 5.90. The number of carbonyl (C=O) groups excluding carboxylic acids is 2. The van der Waals surface area contributed by atoms with Gasteiger partial charge in [-0.25, -0.2) is 9.59 Å². The van der Waals surface area contributed by atoms with Crippen molar-refractivity contribution in [3.63, 3.8) is 0 Å². The van der Waals surface area contributed by atoms with Crippen LogP contribution in [0.5, 0.6) is 0 Å². The summed E-state index contributed by atoms with van der Waals surface area (Å²) in [5.41, 5.74) is 5.13. The highest BCUT2D eigenvalue weighted by Crippen LogP contribution is 2.24. The molecule has 3 amide bonds. The van der Waals surface area contributed by atoms with E-state index < -0.39 is 24.1 Å². The molecule has 0 aromatic heterocycles. The summed E-state index contributed by atoms with van der Waals surface area (Å²) < 4.78 is 0. The number of carboxylic acid groups (broad SMARTS) is 1. The first-order valence-electron chi connectivity index (χ1n) is 7.37. The maximum atomic E-state index is 12.6. The highest BCUT2D eigenvalue weighted by atomic mass is 16.4. The SMILES string of the molecule is CCC(C)C(NC(N)=O)C(=O)N1CCC(C)CC1C(=O)O. The summed E-state index contributed by atoms with van der Waals surface area (Å²) in [5.74, 6) is -1.21. The molecule has 1 aliphatic heterocycles. The lowest BCUT2D eigenvalue weighted by atomic mass is 9.90. The van der Waals surface area contributed by atoms with Gasteiger partial charge in [-0.15, -0.1) is 0 Å². The lowest BCUT2D eigenvalue weighted by Crippen LogP contribution is -2.58. The average Bonchev–Trinajstić information content (AvgIpc) is 2.42. The lowest BCUT2D eigenvalue weighted by molar-refractivity contribution is -0.154. The molecule has 1 saturated heterocycles. The van der Waals surface area contributed by atoms with E-state index in [1.165, 1.54) is 4.90 Å². The van der Waals surface area contributed by atoms with Gasteiger partial charge in [-0.3, -0.25) is 4.79 Å². The van der Waals surface area contributed by atoms with Gasteiger partial charge in [0.05, 0.1) is 0 Å². The van der Waals surface area contributed by atoms with Crippen LogP contribution in [0.3, 0.4) is 0 Å². The number of urea groups is 1. The molecule has 0 aromatic carbocycles. The Morgan fingerprint density at radius 1 is 1.43 bits per heavy atom. The molecule has 1 fully saturated rings. The minimum absolute atomic E-state index is 0.112. The molecular weight excluding hydrogens is 274 g/mol. The van der Waals surface area contributed by atoms with Gasteiger partial charge in [0, 0.05) is 6.54 Å². The van der Waals surface area contributed by atoms with Crippen molar-refractivity contribution in [2.75, 3.05) is 6.54 Å². The Kier molecular flexibility index (Phi) is 5.99. The molecule has 1 rings (SSSR count). The molecule has 0 bridgehead atoms. The van der Waals surface area contributed by atoms with Crippen molar-refractivity contribution in [2.24, 2.45) is 17.6 Å². The Balaban J connectivity index is 2.94. The van der Waals surface area contributed by atoms with Gasteiger partial charge in [-0.1, -0.05) is 27.2 Å². The second-order valence-corrected chi connectivity index (χ2v) is 5.89. The lowest BCUT2D eigenvalue weighted by Gasteiger charge is -2.39. The second-order valence-electron chi connectivity index (χ2n) is 5.89. The zero-order chi connectivity index (χ0) is 16.2. The molecule has 1 aliphatic rings. The van der Waals surface area contributed by atoms with Gasteiger partial charge in [0.15, 0.2) is 0 Å². The molecule has 7 heteroatoms. The molecule has 21 heavy (non-hydrogen) atoms. The predicted octanol–water partition coefficient (Wildman–Crippen LogP) is 0.781. The molecule has 0 radical (unpaired) electrons. The van der Waals surface area contributed by atoms with Crippen LogP contribution in [0, 0.1) is 11.8 Å². The highest BCUT2D eigenvalue weighted by Gasteiger charge is 2.39. The smallest absolute Gasteiger partial charge is 0.326 e. The van der Waals surface area contributed by atoms with Gasteiger partial charge < -0.3 is 21.1 Å². The van der Waals surface area contributed by atoms with E-state index in [2.05, 4.69) is 5.32 Å². The Labute approximate surface area is 124 Å². The Morgan fingerprint density at radius 2 is 2.05 bits per heavy atom. The van der Waals surface area contributed by atoms with Crippen molar-refractivity contribution >= 4 is 17.9 Å². The molecule has 4 N–H and O–H groups in total. The van der Waals surface area contributed by atoms with Gasteiger partial charge >= 0.3 is 12.0 Å². The number of primary amides is 1. The Morgan fingerprint density at radius 3 is 2.52 bits per heavy atom. The molecule has 0 aliphatic carbocycles. The zero-order valence-corrected chi connectivity index (χ0v) is 12.8. The Hall–Kier alpha value is -1.79. The third-order valence-electron chi connectivity index (χ3n) is 4.21. The maximum Gasteiger partial charge on any atom is 0.326 e. The largest absolute Gasteiger partial charge is 0.480 e. The topological polar surface area (TPSA) is 113 Å². The van der Waals surface area contributed by atoms with Crippen molar-refractivity contribution < 1.29 is 19.5 Å². The number of hydrogen-bond acceptors (Lipinski definition) is 3. The van der Waals surface area contributed by atoms with Crippen LogP contribution >= 0.6 is 0 Å². The third kappa shape index (κ3) is 4.34. The first kappa shape index (κ1) is 17.3. The van der Waals surface area contributed by atoms with E-state index >= 15 is 0 Å². The van der Waals surface area contributed by atoms with E-state index in [4.69, 9.17) is 5.73 Å². The van der Waals surface area contributed by atoms with Crippen LogP contribution in [0.15, 0.2) is 0 Å². The normalized spacial score (nSPS) is 25.0. The van der Waals surface area contributed by atoms with Crippen LogP contribution in [0.1, 0.15) is 40.0 Å². The van der Waals surface area contributed by atoms with Crippen LogP contribution < -0.4 is 11.1 Å². The first-order chi connectivity index (χ1) is 9.77. The number of aliphatic carboxylic acids is 1. The number of rotatable bonds is 5. The number of amides is 3. The number of likely N-dealkylation sites (tertiary alicyclic amines) is 1. The van der Waals surface area contributed by atoms with Gasteiger partial charge in [0.25, 0.3) is 0 Å². The summed E-state index contributed by atoms with van der Waals surface area (Å²) in [6, 6.07) is -2.38. The molecule has 0 saturated carbocycles. The van der Waals surface area contributed by atoms with Gasteiger partial charge in [-0.05, 0) is 24.7 Å². The van der Waals surface area contributed by atoms with Crippen LogP contribution in [-0.2, 0) is 9.59 Å². The molecular formula is C14H25N3O4. The summed E-state index contributed by atoms with van der Waals surface area (Å²) in [4.78, 5) is 36.5. The molecule has 4 unspecified atom stereocenters. The molecule has 120 valence electrons. The van der Waals surface area contributed by atoms with Crippen molar-refractivity contribution in [3.05, 3.63) is 0 Å². The van der Waals surface area contributed by atoms with Crippen LogP contribution in [-0.4, -0.2) is 46.5 Å². The fraction of sp³-hybridized carbons (Fsp3) is 0.786. The fourth-order valence-corrected chi connectivity index (χ4v) is 2.65. The fourth-order valence-electron chi connectivity index (χ4n) is 2.65. The number of carboxylic acids is 1. The number of nitrogens with one attached hydrogen (secondary N) is 1. The van der Waals surface area contributed by atoms with Gasteiger partial charge in [0.2, 0.25) is 5.91 Å². The molecule has 4 atom stereocenters. The van der Waals surface area contributed by atoms with Crippen LogP contribution in [0.25, 0.3) is 0 Å². The van der Waals surface area contributed by atoms with E-state index in [9.17, 15) is 19.5 Å². The quantitative estimate of drug-likeness (QED) is 0.696.